The smallest absolute Gasteiger partial charge is 0.0742 e. The van der Waals surface area contributed by atoms with E-state index in [1.807, 2.05) is 56.7 Å². The van der Waals surface area contributed by atoms with Gasteiger partial charge < -0.3 is 4.74 Å². The summed E-state index contributed by atoms with van der Waals surface area (Å²) in [7, 11) is 2.14. The Morgan fingerprint density at radius 2 is 1.33 bits per heavy atom. The van der Waals surface area contributed by atoms with Gasteiger partial charge in [-0.05, 0) is 68.1 Å². The number of aromatic nitrogens is 3. The quantitative estimate of drug-likeness (QED) is 0.338. The number of ether oxygens (including phenoxy) is 1. The van der Waals surface area contributed by atoms with Crippen molar-refractivity contribution in [3.8, 4) is 0 Å². The third kappa shape index (κ3) is 5.81. The van der Waals surface area contributed by atoms with Gasteiger partial charge in [-0.1, -0.05) is 31.7 Å². The van der Waals surface area contributed by atoms with E-state index in [0.717, 1.165) is 37.7 Å². The summed E-state index contributed by atoms with van der Waals surface area (Å²) in [6.45, 7) is 9.79. The second-order valence-electron chi connectivity index (χ2n) is 8.35. The van der Waals surface area contributed by atoms with Crippen LogP contribution in [0.2, 0.25) is 0 Å². The molecule has 0 bridgehead atoms. The van der Waals surface area contributed by atoms with E-state index in [4.69, 9.17) is 4.74 Å². The fraction of sp³-hybridized carbons (Fsp3) is 0.321. The average molecular weight is 443 g/mol. The molecule has 0 spiro atoms. The number of pyridine rings is 3. The van der Waals surface area contributed by atoms with Gasteiger partial charge in [-0.2, -0.15) is 0 Å². The summed E-state index contributed by atoms with van der Waals surface area (Å²) in [6.07, 6.45) is 5.58. The monoisotopic (exact) mass is 442 g/mol. The first-order valence-electron chi connectivity index (χ1n) is 11.0. The van der Waals surface area contributed by atoms with Gasteiger partial charge in [0.1, 0.15) is 0 Å². The molecular weight excluding hydrogens is 408 g/mol. The first-order valence-corrected chi connectivity index (χ1v) is 11.0. The zero-order valence-corrected chi connectivity index (χ0v) is 19.3. The first kappa shape index (κ1) is 24.5. The molecule has 0 aliphatic carbocycles. The van der Waals surface area contributed by atoms with Crippen molar-refractivity contribution in [2.24, 2.45) is 0 Å². The van der Waals surface area contributed by atoms with Crippen molar-refractivity contribution in [3.05, 3.63) is 100 Å². The van der Waals surface area contributed by atoms with Gasteiger partial charge in [-0.15, -0.1) is 0 Å². The van der Waals surface area contributed by atoms with Gasteiger partial charge in [0.25, 0.3) is 0 Å². The third-order valence-electron chi connectivity index (χ3n) is 5.98. The van der Waals surface area contributed by atoms with E-state index in [1.165, 1.54) is 38.7 Å². The number of hydrogen-bond donors (Lipinski definition) is 0. The third-order valence-corrected chi connectivity index (χ3v) is 5.98. The van der Waals surface area contributed by atoms with E-state index in [0.29, 0.717) is 0 Å². The highest BCUT2D eigenvalue weighted by molar-refractivity contribution is 5.83. The fourth-order valence-corrected chi connectivity index (χ4v) is 4.15. The van der Waals surface area contributed by atoms with Crippen molar-refractivity contribution in [3.63, 3.8) is 0 Å². The average Bonchev–Trinajstić information content (AvgIpc) is 3.43. The SMILES string of the molecule is C.Cc1nccc2c1CN(C)C2.Cc1nccc2c1COC2.Cc1nccc2ccccc12. The van der Waals surface area contributed by atoms with Crippen LogP contribution in [0.4, 0.5) is 0 Å². The summed E-state index contributed by atoms with van der Waals surface area (Å²) in [5, 5.41) is 2.51. The van der Waals surface area contributed by atoms with Crippen LogP contribution in [0.1, 0.15) is 46.8 Å². The number of rotatable bonds is 0. The van der Waals surface area contributed by atoms with E-state index < -0.39 is 0 Å². The molecule has 6 rings (SSSR count). The molecule has 33 heavy (non-hydrogen) atoms. The Morgan fingerprint density at radius 3 is 2.03 bits per heavy atom. The predicted molar refractivity (Wildman–Crippen MR) is 135 cm³/mol. The van der Waals surface area contributed by atoms with Gasteiger partial charge in [0.2, 0.25) is 0 Å². The lowest BCUT2D eigenvalue weighted by atomic mass is 10.1. The highest BCUT2D eigenvalue weighted by atomic mass is 16.5. The van der Waals surface area contributed by atoms with Crippen LogP contribution in [-0.4, -0.2) is 26.9 Å². The Bertz CT molecular complexity index is 1220. The Hall–Kier alpha value is -3.15. The van der Waals surface area contributed by atoms with Gasteiger partial charge in [0, 0.05) is 59.7 Å². The maximum Gasteiger partial charge on any atom is 0.0742 e. The molecule has 0 atom stereocenters. The lowest BCUT2D eigenvalue weighted by Crippen LogP contribution is -2.07. The maximum absolute atomic E-state index is 5.26. The Kier molecular flexibility index (Phi) is 8.26. The molecule has 0 N–H and O–H groups in total. The summed E-state index contributed by atoms with van der Waals surface area (Å²) in [5.41, 5.74) is 8.84. The number of aryl methyl sites for hydroxylation is 3. The Labute approximate surface area is 197 Å². The van der Waals surface area contributed by atoms with Crippen LogP contribution in [0.5, 0.6) is 0 Å². The summed E-state index contributed by atoms with van der Waals surface area (Å²) in [6, 6.07) is 14.4. The van der Waals surface area contributed by atoms with Gasteiger partial charge in [0.15, 0.2) is 0 Å². The molecular formula is C28H34N4O. The Balaban J connectivity index is 0.000000137. The van der Waals surface area contributed by atoms with Gasteiger partial charge in [-0.25, -0.2) is 0 Å². The number of hydrogen-bond acceptors (Lipinski definition) is 5. The lowest BCUT2D eigenvalue weighted by molar-refractivity contribution is 0.134. The van der Waals surface area contributed by atoms with Gasteiger partial charge in [-0.3, -0.25) is 19.9 Å². The predicted octanol–water partition coefficient (Wildman–Crippen LogP) is 5.93. The van der Waals surface area contributed by atoms with E-state index in [1.54, 1.807) is 0 Å². The standard InChI is InChI=1S/C10H9N.C9H12N2.C8H9NO.CH4/c1-8-10-5-3-2-4-9(10)6-7-11-8;1-7-9-6-11(2)5-8(9)3-4-10-7;1-6-8-5-10-4-7(8)2-3-9-6;/h2-7H,1H3;3-4H,5-6H2,1-2H3;2-3H,4-5H2,1H3;1H4. The van der Waals surface area contributed by atoms with Crippen molar-refractivity contribution >= 4 is 10.8 Å². The molecule has 4 aromatic rings. The molecule has 5 heteroatoms. The van der Waals surface area contributed by atoms with Crippen molar-refractivity contribution in [2.45, 2.75) is 54.5 Å². The first-order chi connectivity index (χ1) is 15.5. The number of nitrogens with zero attached hydrogens (tertiary/aromatic N) is 4. The molecule has 0 saturated carbocycles. The zero-order chi connectivity index (χ0) is 22.5. The van der Waals surface area contributed by atoms with Gasteiger partial charge >= 0.3 is 0 Å². The molecule has 5 nitrogen and oxygen atoms in total. The maximum atomic E-state index is 5.26. The molecule has 3 aromatic heterocycles. The van der Waals surface area contributed by atoms with E-state index in [2.05, 4.69) is 52.0 Å². The van der Waals surface area contributed by atoms with E-state index in [-0.39, 0.29) is 7.43 Å². The molecule has 5 heterocycles. The minimum absolute atomic E-state index is 0. The molecule has 2 aliphatic rings. The summed E-state index contributed by atoms with van der Waals surface area (Å²) in [4.78, 5) is 14.9. The summed E-state index contributed by atoms with van der Waals surface area (Å²) in [5.74, 6) is 0. The van der Waals surface area contributed by atoms with E-state index in [9.17, 15) is 0 Å². The molecule has 0 amide bonds. The van der Waals surface area contributed by atoms with Crippen LogP contribution in [0.25, 0.3) is 10.8 Å². The van der Waals surface area contributed by atoms with Crippen molar-refractivity contribution in [1.82, 2.24) is 19.9 Å². The highest BCUT2D eigenvalue weighted by Gasteiger charge is 2.16. The van der Waals surface area contributed by atoms with Crippen molar-refractivity contribution in [1.29, 1.82) is 0 Å². The zero-order valence-electron chi connectivity index (χ0n) is 19.3. The lowest BCUT2D eigenvalue weighted by Gasteiger charge is -2.03. The van der Waals surface area contributed by atoms with Crippen LogP contribution in [0.3, 0.4) is 0 Å². The fourth-order valence-electron chi connectivity index (χ4n) is 4.15. The van der Waals surface area contributed by atoms with Crippen molar-refractivity contribution in [2.75, 3.05) is 7.05 Å². The minimum Gasteiger partial charge on any atom is -0.372 e. The molecule has 0 saturated heterocycles. The summed E-state index contributed by atoms with van der Waals surface area (Å²) >= 11 is 0. The van der Waals surface area contributed by atoms with Crippen LogP contribution in [0, 0.1) is 20.8 Å². The molecule has 172 valence electrons. The molecule has 1 aromatic carbocycles. The molecule has 2 aliphatic heterocycles. The van der Waals surface area contributed by atoms with Crippen LogP contribution < -0.4 is 0 Å². The normalized spacial score (nSPS) is 13.7. The summed E-state index contributed by atoms with van der Waals surface area (Å²) < 4.78 is 5.26. The topological polar surface area (TPSA) is 51.1 Å². The van der Waals surface area contributed by atoms with E-state index >= 15 is 0 Å². The molecule has 0 radical (unpaired) electrons. The largest absolute Gasteiger partial charge is 0.372 e. The highest BCUT2D eigenvalue weighted by Crippen LogP contribution is 2.22. The Morgan fingerprint density at radius 1 is 0.697 bits per heavy atom. The molecule has 0 fully saturated rings. The second kappa shape index (κ2) is 11.1. The number of benzene rings is 1. The minimum atomic E-state index is 0. The van der Waals surface area contributed by atoms with Crippen molar-refractivity contribution < 1.29 is 4.74 Å². The van der Waals surface area contributed by atoms with Crippen LogP contribution in [-0.2, 0) is 31.0 Å². The number of fused-ring (bicyclic) bond motifs is 3. The van der Waals surface area contributed by atoms with Crippen LogP contribution in [0.15, 0.2) is 61.1 Å². The second-order valence-corrected chi connectivity index (χ2v) is 8.35. The van der Waals surface area contributed by atoms with Gasteiger partial charge in [0.05, 0.1) is 13.2 Å². The molecule has 0 unspecified atom stereocenters. The van der Waals surface area contributed by atoms with Crippen LogP contribution >= 0.6 is 0 Å².